The van der Waals surface area contributed by atoms with Gasteiger partial charge in [-0.25, -0.2) is 13.2 Å². The molecule has 1 aliphatic rings. The van der Waals surface area contributed by atoms with Crippen molar-refractivity contribution in [1.29, 1.82) is 0 Å². The SMILES string of the molecule is CS(=O)(=O)Nc1ccc(N2C(=S)NC(c3ccccn3)C2c2ccc(-c3cc(C(=O)O)ccc3Cl)o2)cc1. The molecule has 1 saturated heterocycles. The van der Waals surface area contributed by atoms with E-state index in [-0.39, 0.29) is 11.6 Å². The van der Waals surface area contributed by atoms with Gasteiger partial charge in [-0.1, -0.05) is 17.7 Å². The van der Waals surface area contributed by atoms with Crippen molar-refractivity contribution in [3.05, 3.63) is 101 Å². The van der Waals surface area contributed by atoms with Crippen LogP contribution in [0.3, 0.4) is 0 Å². The summed E-state index contributed by atoms with van der Waals surface area (Å²) in [5.74, 6) is -0.133. The number of carboxylic acids is 1. The average molecular weight is 569 g/mol. The Hall–Kier alpha value is -3.93. The largest absolute Gasteiger partial charge is 0.478 e. The van der Waals surface area contributed by atoms with E-state index in [1.54, 1.807) is 42.6 Å². The molecule has 4 aromatic rings. The Labute approximate surface area is 229 Å². The van der Waals surface area contributed by atoms with E-state index in [9.17, 15) is 18.3 Å². The van der Waals surface area contributed by atoms with Gasteiger partial charge in [-0.15, -0.1) is 0 Å². The number of aromatic nitrogens is 1. The summed E-state index contributed by atoms with van der Waals surface area (Å²) >= 11 is 12.1. The van der Waals surface area contributed by atoms with Gasteiger partial charge in [0.1, 0.15) is 17.6 Å². The number of nitrogens with one attached hydrogen (secondary N) is 2. The maximum absolute atomic E-state index is 11.6. The summed E-state index contributed by atoms with van der Waals surface area (Å²) in [6, 6.07) is 19.5. The van der Waals surface area contributed by atoms with Gasteiger partial charge in [-0.05, 0) is 78.9 Å². The molecule has 0 bridgehead atoms. The summed E-state index contributed by atoms with van der Waals surface area (Å²) < 4.78 is 32.0. The molecule has 194 valence electrons. The molecule has 2 atom stereocenters. The van der Waals surface area contributed by atoms with E-state index >= 15 is 0 Å². The molecular weight excluding hydrogens is 548 g/mol. The lowest BCUT2D eigenvalue weighted by atomic mass is 10.0. The van der Waals surface area contributed by atoms with E-state index in [4.69, 9.17) is 28.2 Å². The van der Waals surface area contributed by atoms with E-state index in [1.807, 2.05) is 23.1 Å². The standard InChI is InChI=1S/C26H21ClN4O5S2/c1-38(34,35)30-16-6-8-17(9-7-16)31-24(23(29-26(31)37)20-4-2-3-13-28-20)22-12-11-21(36-22)18-14-15(25(32)33)5-10-19(18)27/h2-14,23-24,30H,1H3,(H,29,37)(H,32,33). The molecule has 1 aliphatic heterocycles. The van der Waals surface area contributed by atoms with Crippen molar-refractivity contribution >= 4 is 56.3 Å². The van der Waals surface area contributed by atoms with Crippen LogP contribution < -0.4 is 14.9 Å². The third-order valence-corrected chi connectivity index (χ3v) is 7.19. The van der Waals surface area contributed by atoms with Gasteiger partial charge in [-0.2, -0.15) is 0 Å². The lowest BCUT2D eigenvalue weighted by Gasteiger charge is -2.26. The number of thiocarbonyl (C=S) groups is 1. The smallest absolute Gasteiger partial charge is 0.335 e. The van der Waals surface area contributed by atoms with Crippen LogP contribution in [0, 0.1) is 0 Å². The Balaban J connectivity index is 1.57. The summed E-state index contributed by atoms with van der Waals surface area (Å²) in [6.45, 7) is 0. The molecule has 2 unspecified atom stereocenters. The first-order valence-corrected chi connectivity index (χ1v) is 14.0. The zero-order chi connectivity index (χ0) is 27.0. The van der Waals surface area contributed by atoms with Gasteiger partial charge in [-0.3, -0.25) is 9.71 Å². The zero-order valence-electron chi connectivity index (χ0n) is 19.8. The Morgan fingerprint density at radius 2 is 1.89 bits per heavy atom. The first-order valence-electron chi connectivity index (χ1n) is 11.3. The molecule has 1 fully saturated rings. The molecule has 0 amide bonds. The van der Waals surface area contributed by atoms with Crippen LogP contribution in [0.15, 0.2) is 83.4 Å². The molecule has 3 heterocycles. The Morgan fingerprint density at radius 1 is 1.13 bits per heavy atom. The normalized spacial score (nSPS) is 17.3. The molecule has 12 heteroatoms. The van der Waals surface area contributed by atoms with Gasteiger partial charge in [0.25, 0.3) is 0 Å². The van der Waals surface area contributed by atoms with Crippen molar-refractivity contribution in [3.8, 4) is 11.3 Å². The minimum absolute atomic E-state index is 0.0850. The predicted octanol–water partition coefficient (Wildman–Crippen LogP) is 5.24. The number of carbonyl (C=O) groups is 1. The lowest BCUT2D eigenvalue weighted by molar-refractivity contribution is 0.0697. The number of pyridine rings is 1. The summed E-state index contributed by atoms with van der Waals surface area (Å²) in [5, 5.41) is 13.5. The number of hydrogen-bond donors (Lipinski definition) is 3. The topological polar surface area (TPSA) is 125 Å². The minimum Gasteiger partial charge on any atom is -0.478 e. The van der Waals surface area contributed by atoms with Crippen molar-refractivity contribution < 1.29 is 22.7 Å². The number of nitrogens with zero attached hydrogens (tertiary/aromatic N) is 2. The molecule has 0 saturated carbocycles. The fourth-order valence-electron chi connectivity index (χ4n) is 4.33. The molecule has 2 aromatic carbocycles. The van der Waals surface area contributed by atoms with Crippen LogP contribution in [0.2, 0.25) is 5.02 Å². The summed E-state index contributed by atoms with van der Waals surface area (Å²) in [5.41, 5.74) is 2.39. The van der Waals surface area contributed by atoms with Gasteiger partial charge in [0.05, 0.1) is 28.6 Å². The monoisotopic (exact) mass is 568 g/mol. The molecule has 2 aromatic heterocycles. The highest BCUT2D eigenvalue weighted by atomic mass is 35.5. The summed E-state index contributed by atoms with van der Waals surface area (Å²) in [6.07, 6.45) is 2.77. The molecule has 0 aliphatic carbocycles. The lowest BCUT2D eigenvalue weighted by Crippen LogP contribution is -2.29. The molecular formula is C26H21ClN4O5S2. The molecule has 0 radical (unpaired) electrons. The quantitative estimate of drug-likeness (QED) is 0.257. The Bertz CT molecular complexity index is 1630. The van der Waals surface area contributed by atoms with Crippen LogP contribution in [0.25, 0.3) is 11.3 Å². The second-order valence-electron chi connectivity index (χ2n) is 8.62. The highest BCUT2D eigenvalue weighted by Gasteiger charge is 2.42. The maximum Gasteiger partial charge on any atom is 0.335 e. The second-order valence-corrected chi connectivity index (χ2v) is 11.2. The van der Waals surface area contributed by atoms with Crippen LogP contribution in [-0.2, 0) is 10.0 Å². The average Bonchev–Trinajstić information content (AvgIpc) is 3.49. The number of halogens is 1. The third-order valence-electron chi connectivity index (χ3n) is 5.94. The van der Waals surface area contributed by atoms with Crippen molar-refractivity contribution in [2.24, 2.45) is 0 Å². The number of sulfonamides is 1. The number of rotatable bonds is 7. The molecule has 38 heavy (non-hydrogen) atoms. The van der Waals surface area contributed by atoms with Crippen LogP contribution >= 0.6 is 23.8 Å². The van der Waals surface area contributed by atoms with E-state index in [1.165, 1.54) is 18.2 Å². The van der Waals surface area contributed by atoms with E-state index in [0.717, 1.165) is 11.9 Å². The van der Waals surface area contributed by atoms with Crippen LogP contribution in [0.5, 0.6) is 0 Å². The zero-order valence-corrected chi connectivity index (χ0v) is 22.2. The molecule has 0 spiro atoms. The second kappa shape index (κ2) is 10.1. The fraction of sp³-hybridized carbons (Fsp3) is 0.115. The number of carboxylic acid groups (broad SMARTS) is 1. The van der Waals surface area contributed by atoms with Gasteiger partial charge in [0.2, 0.25) is 10.0 Å². The van der Waals surface area contributed by atoms with Gasteiger partial charge in [0, 0.05) is 23.1 Å². The fourth-order valence-corrected chi connectivity index (χ4v) is 5.45. The Kier molecular flexibility index (Phi) is 6.82. The van der Waals surface area contributed by atoms with Crippen LogP contribution in [0.4, 0.5) is 11.4 Å². The van der Waals surface area contributed by atoms with Gasteiger partial charge < -0.3 is 19.7 Å². The number of hydrogen-bond acceptors (Lipinski definition) is 6. The number of furan rings is 1. The predicted molar refractivity (Wildman–Crippen MR) is 149 cm³/mol. The first kappa shape index (κ1) is 25.7. The van der Waals surface area contributed by atoms with E-state index < -0.39 is 22.0 Å². The third kappa shape index (κ3) is 5.21. The Morgan fingerprint density at radius 3 is 2.55 bits per heavy atom. The maximum atomic E-state index is 11.6. The summed E-state index contributed by atoms with van der Waals surface area (Å²) in [4.78, 5) is 17.9. The van der Waals surface area contributed by atoms with Gasteiger partial charge in [0.15, 0.2) is 5.11 Å². The van der Waals surface area contributed by atoms with Crippen molar-refractivity contribution in [2.75, 3.05) is 15.9 Å². The molecule has 9 nitrogen and oxygen atoms in total. The minimum atomic E-state index is -3.43. The number of aromatic carboxylic acids is 1. The van der Waals surface area contributed by atoms with Crippen LogP contribution in [-0.4, -0.2) is 35.8 Å². The van der Waals surface area contributed by atoms with E-state index in [2.05, 4.69) is 15.0 Å². The number of benzene rings is 2. The molecule has 5 rings (SSSR count). The summed E-state index contributed by atoms with van der Waals surface area (Å²) in [7, 11) is -3.43. The van der Waals surface area contributed by atoms with Crippen molar-refractivity contribution in [3.63, 3.8) is 0 Å². The first-order chi connectivity index (χ1) is 18.1. The molecule has 3 N–H and O–H groups in total. The van der Waals surface area contributed by atoms with E-state index in [0.29, 0.717) is 38.6 Å². The van der Waals surface area contributed by atoms with Crippen molar-refractivity contribution in [2.45, 2.75) is 12.1 Å². The van der Waals surface area contributed by atoms with Gasteiger partial charge >= 0.3 is 5.97 Å². The highest BCUT2D eigenvalue weighted by molar-refractivity contribution is 7.92. The van der Waals surface area contributed by atoms with Crippen LogP contribution in [0.1, 0.15) is 33.9 Å². The highest BCUT2D eigenvalue weighted by Crippen LogP contribution is 2.43. The number of anilines is 2. The van der Waals surface area contributed by atoms with Crippen molar-refractivity contribution in [1.82, 2.24) is 10.3 Å².